The molecule has 13 heavy (non-hydrogen) atoms. The van der Waals surface area contributed by atoms with E-state index in [1.165, 1.54) is 29.7 Å². The van der Waals surface area contributed by atoms with E-state index >= 15 is 0 Å². The highest BCUT2D eigenvalue weighted by Gasteiger charge is 2.12. The number of hydrogen-bond donors (Lipinski definition) is 4. The van der Waals surface area contributed by atoms with Gasteiger partial charge in [0, 0.05) is 5.56 Å². The molecule has 1 amide bonds. The first-order valence-corrected chi connectivity index (χ1v) is 3.55. The number of amides is 1. The van der Waals surface area contributed by atoms with Crippen LogP contribution in [-0.4, -0.2) is 28.3 Å². The third kappa shape index (κ3) is 2.28. The summed E-state index contributed by atoms with van der Waals surface area (Å²) in [5.74, 6) is -0.692. The maximum absolute atomic E-state index is 10.9. The van der Waals surface area contributed by atoms with Crippen LogP contribution in [0.15, 0.2) is 24.3 Å². The van der Waals surface area contributed by atoms with E-state index in [9.17, 15) is 4.79 Å². The fraction of sp³-hybridized carbons (Fsp3) is 0. The van der Waals surface area contributed by atoms with Gasteiger partial charge in [-0.2, -0.15) is 0 Å². The highest BCUT2D eigenvalue weighted by Crippen LogP contribution is 1.96. The molecule has 1 aromatic rings. The Labute approximate surface area is 74.7 Å². The van der Waals surface area contributed by atoms with E-state index in [0.717, 1.165) is 0 Å². The summed E-state index contributed by atoms with van der Waals surface area (Å²) in [7, 11) is -1.62. The molecule has 0 aromatic heterocycles. The van der Waals surface area contributed by atoms with Gasteiger partial charge in [0.15, 0.2) is 0 Å². The summed E-state index contributed by atoms with van der Waals surface area (Å²) in [6.45, 7) is 0. The van der Waals surface area contributed by atoms with Crippen molar-refractivity contribution in [2.75, 3.05) is 0 Å². The fourth-order valence-corrected chi connectivity index (χ4v) is 0.905. The summed E-state index contributed by atoms with van der Waals surface area (Å²) >= 11 is 0. The zero-order valence-electron chi connectivity index (χ0n) is 6.64. The molecule has 0 bridgehead atoms. The SMILES string of the molecule is O=C(NO)c1cccc(B(O)O)c1. The smallest absolute Gasteiger partial charge is 0.423 e. The van der Waals surface area contributed by atoms with Crippen LogP contribution in [-0.2, 0) is 0 Å². The van der Waals surface area contributed by atoms with Gasteiger partial charge in [-0.1, -0.05) is 12.1 Å². The van der Waals surface area contributed by atoms with Gasteiger partial charge in [-0.15, -0.1) is 0 Å². The maximum Gasteiger partial charge on any atom is 0.488 e. The second kappa shape index (κ2) is 4.04. The van der Waals surface area contributed by atoms with Gasteiger partial charge in [-0.25, -0.2) is 5.48 Å². The molecule has 0 spiro atoms. The minimum atomic E-state index is -1.62. The molecule has 0 heterocycles. The number of carbonyl (C=O) groups is 1. The molecule has 0 radical (unpaired) electrons. The Balaban J connectivity index is 2.98. The van der Waals surface area contributed by atoms with Crippen molar-refractivity contribution in [3.63, 3.8) is 0 Å². The lowest BCUT2D eigenvalue weighted by molar-refractivity contribution is 0.0706. The van der Waals surface area contributed by atoms with E-state index in [-0.39, 0.29) is 11.0 Å². The molecule has 5 nitrogen and oxygen atoms in total. The molecule has 1 aromatic carbocycles. The molecule has 6 heteroatoms. The Hall–Kier alpha value is -1.37. The van der Waals surface area contributed by atoms with Crippen molar-refractivity contribution in [2.45, 2.75) is 0 Å². The van der Waals surface area contributed by atoms with Gasteiger partial charge in [-0.3, -0.25) is 10.0 Å². The zero-order chi connectivity index (χ0) is 9.84. The first kappa shape index (κ1) is 9.72. The predicted molar refractivity (Wildman–Crippen MR) is 45.5 cm³/mol. The van der Waals surface area contributed by atoms with Gasteiger partial charge in [0.1, 0.15) is 0 Å². The average Bonchev–Trinajstić information content (AvgIpc) is 2.17. The van der Waals surface area contributed by atoms with Crippen LogP contribution in [0.3, 0.4) is 0 Å². The summed E-state index contributed by atoms with van der Waals surface area (Å²) in [5, 5.41) is 25.8. The van der Waals surface area contributed by atoms with Gasteiger partial charge in [0.05, 0.1) is 0 Å². The fourth-order valence-electron chi connectivity index (χ4n) is 0.905. The molecule has 0 aliphatic rings. The highest BCUT2D eigenvalue weighted by molar-refractivity contribution is 6.58. The van der Waals surface area contributed by atoms with E-state index in [2.05, 4.69) is 0 Å². The lowest BCUT2D eigenvalue weighted by Crippen LogP contribution is -2.31. The van der Waals surface area contributed by atoms with Crippen molar-refractivity contribution in [3.05, 3.63) is 29.8 Å². The molecule has 0 saturated heterocycles. The van der Waals surface area contributed by atoms with Crippen molar-refractivity contribution in [1.82, 2.24) is 5.48 Å². The monoisotopic (exact) mass is 181 g/mol. The van der Waals surface area contributed by atoms with Crippen LogP contribution >= 0.6 is 0 Å². The summed E-state index contributed by atoms with van der Waals surface area (Å²) in [6.07, 6.45) is 0. The van der Waals surface area contributed by atoms with Crippen LogP contribution < -0.4 is 10.9 Å². The molecule has 0 aliphatic carbocycles. The van der Waals surface area contributed by atoms with E-state index in [0.29, 0.717) is 0 Å². The van der Waals surface area contributed by atoms with Crippen molar-refractivity contribution < 1.29 is 20.0 Å². The van der Waals surface area contributed by atoms with Crippen molar-refractivity contribution >= 4 is 18.5 Å². The minimum Gasteiger partial charge on any atom is -0.423 e. The number of benzene rings is 1. The standard InChI is InChI=1S/C7H8BNO4/c10-7(9-13)5-2-1-3-6(4-5)8(11)12/h1-4,11-13H,(H,9,10). The third-order valence-corrected chi connectivity index (χ3v) is 1.55. The van der Waals surface area contributed by atoms with Gasteiger partial charge in [0.2, 0.25) is 0 Å². The number of hydrogen-bond acceptors (Lipinski definition) is 4. The largest absolute Gasteiger partial charge is 0.488 e. The Morgan fingerprint density at radius 1 is 1.38 bits per heavy atom. The second-order valence-electron chi connectivity index (χ2n) is 2.44. The van der Waals surface area contributed by atoms with Gasteiger partial charge < -0.3 is 10.0 Å². The Morgan fingerprint density at radius 2 is 2.08 bits per heavy atom. The number of nitrogens with one attached hydrogen (secondary N) is 1. The number of rotatable bonds is 2. The summed E-state index contributed by atoms with van der Waals surface area (Å²) < 4.78 is 0. The van der Waals surface area contributed by atoms with E-state index < -0.39 is 13.0 Å². The topological polar surface area (TPSA) is 89.8 Å². The van der Waals surface area contributed by atoms with Gasteiger partial charge in [-0.05, 0) is 17.6 Å². The normalized spacial score (nSPS) is 9.46. The number of carbonyl (C=O) groups excluding carboxylic acids is 1. The molecule has 0 fully saturated rings. The molecule has 1 rings (SSSR count). The average molecular weight is 181 g/mol. The van der Waals surface area contributed by atoms with Crippen molar-refractivity contribution in [2.24, 2.45) is 0 Å². The Bertz CT molecular complexity index is 315. The predicted octanol–water partition coefficient (Wildman–Crippen LogP) is -1.51. The summed E-state index contributed by atoms with van der Waals surface area (Å²) in [6, 6.07) is 5.66. The molecule has 68 valence electrons. The lowest BCUT2D eigenvalue weighted by Gasteiger charge is -2.01. The summed E-state index contributed by atoms with van der Waals surface area (Å²) in [4.78, 5) is 10.9. The van der Waals surface area contributed by atoms with Crippen LogP contribution in [0.5, 0.6) is 0 Å². The minimum absolute atomic E-state index is 0.160. The van der Waals surface area contributed by atoms with Crippen LogP contribution in [0.4, 0.5) is 0 Å². The molecule has 0 unspecified atom stereocenters. The molecule has 4 N–H and O–H groups in total. The van der Waals surface area contributed by atoms with Crippen LogP contribution in [0.2, 0.25) is 0 Å². The molecular formula is C7H8BNO4. The van der Waals surface area contributed by atoms with Crippen LogP contribution in [0.25, 0.3) is 0 Å². The van der Waals surface area contributed by atoms with E-state index in [4.69, 9.17) is 15.3 Å². The molecule has 0 aliphatic heterocycles. The Morgan fingerprint density at radius 3 is 2.62 bits per heavy atom. The third-order valence-electron chi connectivity index (χ3n) is 1.55. The zero-order valence-corrected chi connectivity index (χ0v) is 6.64. The van der Waals surface area contributed by atoms with Crippen molar-refractivity contribution in [1.29, 1.82) is 0 Å². The first-order valence-electron chi connectivity index (χ1n) is 3.55. The van der Waals surface area contributed by atoms with Crippen LogP contribution in [0, 0.1) is 0 Å². The molecular weight excluding hydrogens is 173 g/mol. The second-order valence-corrected chi connectivity index (χ2v) is 2.44. The van der Waals surface area contributed by atoms with E-state index in [1.807, 2.05) is 0 Å². The lowest BCUT2D eigenvalue weighted by atomic mass is 9.79. The maximum atomic E-state index is 10.9. The quantitative estimate of drug-likeness (QED) is 0.253. The van der Waals surface area contributed by atoms with Gasteiger partial charge >= 0.3 is 7.12 Å². The van der Waals surface area contributed by atoms with E-state index in [1.54, 1.807) is 0 Å². The van der Waals surface area contributed by atoms with Crippen molar-refractivity contribution in [3.8, 4) is 0 Å². The molecule has 0 saturated carbocycles. The van der Waals surface area contributed by atoms with Gasteiger partial charge in [0.25, 0.3) is 5.91 Å². The number of hydroxylamine groups is 1. The molecule has 0 atom stereocenters. The summed E-state index contributed by atoms with van der Waals surface area (Å²) in [5.41, 5.74) is 1.80. The highest BCUT2D eigenvalue weighted by atomic mass is 16.5. The van der Waals surface area contributed by atoms with Crippen LogP contribution in [0.1, 0.15) is 10.4 Å². The first-order chi connectivity index (χ1) is 6.15. The Kier molecular flexibility index (Phi) is 3.02.